The van der Waals surface area contributed by atoms with Crippen molar-refractivity contribution in [2.24, 2.45) is 0 Å². The van der Waals surface area contributed by atoms with Gasteiger partial charge >= 0.3 is 0 Å². The molecule has 0 amide bonds. The van der Waals surface area contributed by atoms with Crippen molar-refractivity contribution < 1.29 is 9.47 Å². The number of aryl methyl sites for hydroxylation is 2. The van der Waals surface area contributed by atoms with Crippen LogP contribution in [0.5, 0.6) is 5.75 Å². The Morgan fingerprint density at radius 3 is 2.00 bits per heavy atom. The van der Waals surface area contributed by atoms with Crippen molar-refractivity contribution in [2.75, 3.05) is 0 Å². The van der Waals surface area contributed by atoms with Crippen molar-refractivity contribution in [3.8, 4) is 5.75 Å². The first-order chi connectivity index (χ1) is 11.2. The van der Waals surface area contributed by atoms with E-state index in [0.717, 1.165) is 31.4 Å². The molecule has 2 atom stereocenters. The van der Waals surface area contributed by atoms with Crippen molar-refractivity contribution in [3.63, 3.8) is 0 Å². The van der Waals surface area contributed by atoms with Crippen LogP contribution in [-0.4, -0.2) is 18.3 Å². The molecule has 0 saturated carbocycles. The molecule has 122 valence electrons. The Kier molecular flexibility index (Phi) is 5.35. The molecule has 0 aromatic heterocycles. The minimum absolute atomic E-state index is 0.268. The zero-order chi connectivity index (χ0) is 16.1. The standard InChI is InChI=1S/C21H26O2/c1-16-14-21(15-17(2)22-16)23-20-12-10-19(11-13-20)9-8-18-6-4-3-5-7-18/h3-7,10-13,16-17,21H,8-9,14-15H2,1-2H3. The minimum atomic E-state index is 0.268. The quantitative estimate of drug-likeness (QED) is 0.789. The Balaban J connectivity index is 1.52. The molecule has 2 nitrogen and oxygen atoms in total. The molecule has 0 radical (unpaired) electrons. The molecule has 2 heteroatoms. The van der Waals surface area contributed by atoms with E-state index < -0.39 is 0 Å². The second-order valence-electron chi connectivity index (χ2n) is 6.60. The highest BCUT2D eigenvalue weighted by molar-refractivity contribution is 5.28. The average molecular weight is 310 g/mol. The van der Waals surface area contributed by atoms with E-state index in [1.165, 1.54) is 11.1 Å². The van der Waals surface area contributed by atoms with Crippen LogP contribution in [0, 0.1) is 0 Å². The van der Waals surface area contributed by atoms with E-state index in [2.05, 4.69) is 68.4 Å². The Labute approximate surface area is 139 Å². The van der Waals surface area contributed by atoms with Crippen LogP contribution in [0.2, 0.25) is 0 Å². The molecule has 3 rings (SSSR count). The fourth-order valence-electron chi connectivity index (χ4n) is 3.30. The molecule has 1 saturated heterocycles. The van der Waals surface area contributed by atoms with E-state index in [0.29, 0.717) is 0 Å². The third kappa shape index (κ3) is 4.84. The maximum absolute atomic E-state index is 6.13. The van der Waals surface area contributed by atoms with E-state index >= 15 is 0 Å². The first-order valence-electron chi connectivity index (χ1n) is 8.64. The van der Waals surface area contributed by atoms with Gasteiger partial charge in [0.05, 0.1) is 12.2 Å². The molecule has 0 spiro atoms. The second kappa shape index (κ2) is 7.65. The van der Waals surface area contributed by atoms with E-state index in [9.17, 15) is 0 Å². The summed E-state index contributed by atoms with van der Waals surface area (Å²) in [4.78, 5) is 0. The van der Waals surface area contributed by atoms with E-state index in [1.807, 2.05) is 0 Å². The van der Waals surface area contributed by atoms with Gasteiger partial charge in [-0.15, -0.1) is 0 Å². The molecule has 1 aliphatic rings. The van der Waals surface area contributed by atoms with Gasteiger partial charge < -0.3 is 9.47 Å². The highest BCUT2D eigenvalue weighted by Crippen LogP contribution is 2.24. The molecular weight excluding hydrogens is 284 g/mol. The summed E-state index contributed by atoms with van der Waals surface area (Å²) in [6.45, 7) is 4.25. The lowest BCUT2D eigenvalue weighted by atomic mass is 10.0. The fraction of sp³-hybridized carbons (Fsp3) is 0.429. The van der Waals surface area contributed by atoms with Crippen molar-refractivity contribution in [2.45, 2.75) is 57.8 Å². The van der Waals surface area contributed by atoms with Crippen LogP contribution in [-0.2, 0) is 17.6 Å². The minimum Gasteiger partial charge on any atom is -0.490 e. The smallest absolute Gasteiger partial charge is 0.119 e. The highest BCUT2D eigenvalue weighted by atomic mass is 16.5. The van der Waals surface area contributed by atoms with Gasteiger partial charge in [-0.05, 0) is 49.9 Å². The summed E-state index contributed by atoms with van der Waals surface area (Å²) >= 11 is 0. The second-order valence-corrected chi connectivity index (χ2v) is 6.60. The van der Waals surface area contributed by atoms with Crippen molar-refractivity contribution in [3.05, 3.63) is 65.7 Å². The Morgan fingerprint density at radius 1 is 0.826 bits per heavy atom. The lowest BCUT2D eigenvalue weighted by molar-refractivity contribution is -0.0721. The van der Waals surface area contributed by atoms with Gasteiger partial charge in [-0.1, -0.05) is 42.5 Å². The normalized spacial score (nSPS) is 24.3. The predicted molar refractivity (Wildman–Crippen MR) is 94.0 cm³/mol. The summed E-state index contributed by atoms with van der Waals surface area (Å²) in [6.07, 6.45) is 4.93. The monoisotopic (exact) mass is 310 g/mol. The maximum atomic E-state index is 6.13. The molecule has 0 aliphatic carbocycles. The van der Waals surface area contributed by atoms with Crippen LogP contribution >= 0.6 is 0 Å². The van der Waals surface area contributed by atoms with Crippen molar-refractivity contribution >= 4 is 0 Å². The number of rotatable bonds is 5. The van der Waals surface area contributed by atoms with Gasteiger partial charge in [0, 0.05) is 12.8 Å². The molecule has 2 unspecified atom stereocenters. The van der Waals surface area contributed by atoms with Crippen LogP contribution in [0.1, 0.15) is 37.8 Å². The van der Waals surface area contributed by atoms with Crippen LogP contribution in [0.4, 0.5) is 0 Å². The number of hydrogen-bond donors (Lipinski definition) is 0. The first-order valence-corrected chi connectivity index (χ1v) is 8.64. The molecule has 2 aromatic rings. The topological polar surface area (TPSA) is 18.5 Å². The number of benzene rings is 2. The molecule has 1 fully saturated rings. The van der Waals surface area contributed by atoms with Gasteiger partial charge in [-0.25, -0.2) is 0 Å². The Morgan fingerprint density at radius 2 is 1.39 bits per heavy atom. The van der Waals surface area contributed by atoms with Crippen LogP contribution < -0.4 is 4.74 Å². The summed E-state index contributed by atoms with van der Waals surface area (Å²) < 4.78 is 11.9. The summed E-state index contributed by atoms with van der Waals surface area (Å²) in [7, 11) is 0. The molecule has 1 aliphatic heterocycles. The average Bonchev–Trinajstić information content (AvgIpc) is 2.54. The maximum Gasteiger partial charge on any atom is 0.119 e. The molecular formula is C21H26O2. The summed E-state index contributed by atoms with van der Waals surface area (Å²) in [5, 5.41) is 0. The van der Waals surface area contributed by atoms with Crippen molar-refractivity contribution in [1.29, 1.82) is 0 Å². The number of hydrogen-bond acceptors (Lipinski definition) is 2. The van der Waals surface area contributed by atoms with Gasteiger partial charge in [0.1, 0.15) is 11.9 Å². The largest absolute Gasteiger partial charge is 0.490 e. The summed E-state index contributed by atoms with van der Waals surface area (Å²) in [6, 6.07) is 19.2. The van der Waals surface area contributed by atoms with E-state index in [-0.39, 0.29) is 18.3 Å². The van der Waals surface area contributed by atoms with Crippen LogP contribution in [0.15, 0.2) is 54.6 Å². The third-order valence-electron chi connectivity index (χ3n) is 4.43. The molecule has 0 N–H and O–H groups in total. The Hall–Kier alpha value is -1.80. The zero-order valence-corrected chi connectivity index (χ0v) is 14.1. The van der Waals surface area contributed by atoms with Gasteiger partial charge in [0.2, 0.25) is 0 Å². The van der Waals surface area contributed by atoms with E-state index in [1.54, 1.807) is 0 Å². The van der Waals surface area contributed by atoms with Gasteiger partial charge in [-0.3, -0.25) is 0 Å². The van der Waals surface area contributed by atoms with Gasteiger partial charge in [0.25, 0.3) is 0 Å². The zero-order valence-electron chi connectivity index (χ0n) is 14.1. The summed E-state index contributed by atoms with van der Waals surface area (Å²) in [5.41, 5.74) is 2.74. The molecule has 2 aromatic carbocycles. The Bertz CT molecular complexity index is 581. The van der Waals surface area contributed by atoms with Crippen LogP contribution in [0.3, 0.4) is 0 Å². The third-order valence-corrected chi connectivity index (χ3v) is 4.43. The molecule has 0 bridgehead atoms. The molecule has 1 heterocycles. The van der Waals surface area contributed by atoms with Gasteiger partial charge in [0.15, 0.2) is 0 Å². The van der Waals surface area contributed by atoms with E-state index in [4.69, 9.17) is 9.47 Å². The first kappa shape index (κ1) is 16.1. The summed E-state index contributed by atoms with van der Waals surface area (Å²) in [5.74, 6) is 0.972. The fourth-order valence-corrected chi connectivity index (χ4v) is 3.30. The number of ether oxygens (including phenoxy) is 2. The highest BCUT2D eigenvalue weighted by Gasteiger charge is 2.25. The lowest BCUT2D eigenvalue weighted by Crippen LogP contribution is -2.35. The SMILES string of the molecule is CC1CC(Oc2ccc(CCc3ccccc3)cc2)CC(C)O1. The van der Waals surface area contributed by atoms with Crippen LogP contribution in [0.25, 0.3) is 0 Å². The lowest BCUT2D eigenvalue weighted by Gasteiger charge is -2.32. The molecule has 23 heavy (non-hydrogen) atoms. The predicted octanol–water partition coefficient (Wildman–Crippen LogP) is 4.81. The van der Waals surface area contributed by atoms with Gasteiger partial charge in [-0.2, -0.15) is 0 Å². The van der Waals surface area contributed by atoms with Crippen molar-refractivity contribution in [1.82, 2.24) is 0 Å².